The molecule has 14 nitrogen and oxygen atoms in total. The molecule has 0 heterocycles. The number of hydrogen-bond donors (Lipinski definition) is 1. The molecule has 0 atom stereocenters. The molecular formula is C83H96O14. The second-order valence-electron chi connectivity index (χ2n) is 24.0. The van der Waals surface area contributed by atoms with Crippen molar-refractivity contribution in [2.75, 3.05) is 122 Å². The number of benzene rings is 9. The lowest BCUT2D eigenvalue weighted by Crippen LogP contribution is -2.42. The number of unbranched alkanes of at least 4 members (excludes halogenated alkanes) is 3. The molecule has 0 aliphatic carbocycles. The first-order valence-corrected chi connectivity index (χ1v) is 33.6. The summed E-state index contributed by atoms with van der Waals surface area (Å²) in [7, 11) is 10.0. The van der Waals surface area contributed by atoms with Crippen LogP contribution in [0.5, 0.6) is 34.5 Å². The number of ether oxygens (including phenoxy) is 13. The van der Waals surface area contributed by atoms with Crippen molar-refractivity contribution in [3.05, 3.63) is 287 Å². The molecule has 9 aromatic carbocycles. The number of aliphatic hydroxyl groups is 1. The van der Waals surface area contributed by atoms with Crippen molar-refractivity contribution in [2.24, 2.45) is 5.41 Å². The largest absolute Gasteiger partial charge is 0.497 e. The Labute approximate surface area is 574 Å². The quantitative estimate of drug-likeness (QED) is 0.0286. The van der Waals surface area contributed by atoms with Gasteiger partial charge in [0.15, 0.2) is 0 Å². The lowest BCUT2D eigenvalue weighted by molar-refractivity contribution is -0.113. The van der Waals surface area contributed by atoms with Crippen LogP contribution in [-0.2, 0) is 50.0 Å². The van der Waals surface area contributed by atoms with Crippen LogP contribution < -0.4 is 28.4 Å². The zero-order chi connectivity index (χ0) is 67.9. The van der Waals surface area contributed by atoms with E-state index < -0.39 is 22.2 Å². The monoisotopic (exact) mass is 1320 g/mol. The molecule has 0 saturated heterocycles. The SMILES string of the molecule is COc1ccc(C(OCCCOCC(COCCCCCCO)(COCCCOC(c2ccccc2)(c2ccc(OC)cc2)c2ccc(OC)cc2)COCCCOC(c2ccccc2)(c2ccc(OC)cc2)c2ccc(OC)cc2)(c2ccccc2)c2ccc(OC)cc2)cc1. The number of methoxy groups -OCH3 is 6. The molecule has 0 unspecified atom stereocenters. The summed E-state index contributed by atoms with van der Waals surface area (Å²) >= 11 is 0. The first-order valence-electron chi connectivity index (χ1n) is 33.6. The zero-order valence-electron chi connectivity index (χ0n) is 57.2. The van der Waals surface area contributed by atoms with Crippen LogP contribution in [0.2, 0.25) is 0 Å². The van der Waals surface area contributed by atoms with Gasteiger partial charge in [-0.2, -0.15) is 0 Å². The van der Waals surface area contributed by atoms with Crippen LogP contribution in [0.1, 0.15) is 95.0 Å². The first kappa shape index (κ1) is 72.7. The van der Waals surface area contributed by atoms with Crippen LogP contribution >= 0.6 is 0 Å². The molecule has 0 aliphatic heterocycles. The van der Waals surface area contributed by atoms with Crippen molar-refractivity contribution < 1.29 is 66.7 Å². The molecule has 0 radical (unpaired) electrons. The highest BCUT2D eigenvalue weighted by atomic mass is 16.5. The molecule has 512 valence electrons. The van der Waals surface area contributed by atoms with E-state index in [9.17, 15) is 5.11 Å². The number of aliphatic hydroxyl groups excluding tert-OH is 1. The topological polar surface area (TPSA) is 140 Å². The Morgan fingerprint density at radius 1 is 0.227 bits per heavy atom. The van der Waals surface area contributed by atoms with Crippen molar-refractivity contribution in [3.63, 3.8) is 0 Å². The van der Waals surface area contributed by atoms with Gasteiger partial charge in [-0.05, 0) is 155 Å². The van der Waals surface area contributed by atoms with Crippen molar-refractivity contribution in [1.82, 2.24) is 0 Å². The molecular weight excluding hydrogens is 1220 g/mol. The van der Waals surface area contributed by atoms with Crippen LogP contribution in [0.15, 0.2) is 237 Å². The average molecular weight is 1320 g/mol. The standard InChI is InChI=1S/C83H96O14/c1-85-74-41-29-68(30-42-74)81(65-23-12-9-13-24-65,69-31-43-75(86-2)44-32-69)95-58-20-55-92-62-80(61-91-54-19-8-7-18-53-84,63-93-56-21-59-96-82(66-25-14-10-15-26-66,70-33-45-76(87-3)46-34-70)71-35-47-77(88-4)48-36-71)64-94-57-22-60-97-83(67-27-16-11-17-28-67,72-37-49-78(89-5)50-38-72)73-39-51-79(90-6)52-40-73/h9-17,23-52,84H,7-8,18-22,53-64H2,1-6H3. The van der Waals surface area contributed by atoms with Gasteiger partial charge in [-0.15, -0.1) is 0 Å². The summed E-state index contributed by atoms with van der Waals surface area (Å²) in [6.45, 7) is 3.98. The van der Waals surface area contributed by atoms with E-state index in [2.05, 4.69) is 109 Å². The highest BCUT2D eigenvalue weighted by Crippen LogP contribution is 2.45. The highest BCUT2D eigenvalue weighted by molar-refractivity contribution is 5.53. The Morgan fingerprint density at radius 2 is 0.433 bits per heavy atom. The molecule has 0 saturated carbocycles. The van der Waals surface area contributed by atoms with Crippen LogP contribution in [0, 0.1) is 5.41 Å². The summed E-state index contributed by atoms with van der Waals surface area (Å²) < 4.78 is 82.6. The van der Waals surface area contributed by atoms with E-state index >= 15 is 0 Å². The molecule has 0 bridgehead atoms. The van der Waals surface area contributed by atoms with Crippen molar-refractivity contribution in [2.45, 2.75) is 61.7 Å². The van der Waals surface area contributed by atoms with Crippen LogP contribution in [0.25, 0.3) is 0 Å². The van der Waals surface area contributed by atoms with Crippen molar-refractivity contribution in [3.8, 4) is 34.5 Å². The molecule has 0 aromatic heterocycles. The summed E-state index contributed by atoms with van der Waals surface area (Å²) in [5.74, 6) is 4.48. The number of hydrogen-bond acceptors (Lipinski definition) is 14. The van der Waals surface area contributed by atoms with E-state index in [1.54, 1.807) is 42.7 Å². The number of rotatable bonds is 44. The van der Waals surface area contributed by atoms with E-state index in [0.29, 0.717) is 72.1 Å². The van der Waals surface area contributed by atoms with Crippen LogP contribution in [0.3, 0.4) is 0 Å². The zero-order valence-corrected chi connectivity index (χ0v) is 57.2. The third-order valence-corrected chi connectivity index (χ3v) is 17.6. The maximum atomic E-state index is 9.56. The van der Waals surface area contributed by atoms with Gasteiger partial charge in [0.1, 0.15) is 51.3 Å². The smallest absolute Gasteiger partial charge is 0.143 e. The summed E-state index contributed by atoms with van der Waals surface area (Å²) in [4.78, 5) is 0. The van der Waals surface area contributed by atoms with E-state index in [-0.39, 0.29) is 26.4 Å². The summed E-state index contributed by atoms with van der Waals surface area (Å²) in [6.07, 6.45) is 5.14. The third-order valence-electron chi connectivity index (χ3n) is 17.6. The molecule has 0 aliphatic rings. The highest BCUT2D eigenvalue weighted by Gasteiger charge is 2.41. The van der Waals surface area contributed by atoms with Gasteiger partial charge < -0.3 is 66.7 Å². The fourth-order valence-corrected chi connectivity index (χ4v) is 12.5. The molecule has 1 N–H and O–H groups in total. The fourth-order valence-electron chi connectivity index (χ4n) is 12.5. The van der Waals surface area contributed by atoms with Gasteiger partial charge in [-0.1, -0.05) is 177 Å². The third kappa shape index (κ3) is 18.8. The molecule has 9 aromatic rings. The van der Waals surface area contributed by atoms with Gasteiger partial charge in [0, 0.05) is 33.0 Å². The lowest BCUT2D eigenvalue weighted by atomic mass is 9.80. The first-order chi connectivity index (χ1) is 47.7. The molecule has 0 fully saturated rings. The van der Waals surface area contributed by atoms with Gasteiger partial charge in [0.2, 0.25) is 0 Å². The minimum atomic E-state index is -0.988. The predicted octanol–water partition coefficient (Wildman–Crippen LogP) is 15.8. The molecule has 9 rings (SSSR count). The van der Waals surface area contributed by atoms with Crippen LogP contribution in [0.4, 0.5) is 0 Å². The van der Waals surface area contributed by atoms with Crippen LogP contribution in [-0.4, -0.2) is 127 Å². The van der Waals surface area contributed by atoms with Gasteiger partial charge >= 0.3 is 0 Å². The average Bonchev–Trinajstić information content (AvgIpc) is 0.774. The predicted molar refractivity (Wildman–Crippen MR) is 380 cm³/mol. The normalized spacial score (nSPS) is 11.9. The van der Waals surface area contributed by atoms with E-state index in [4.69, 9.17) is 61.6 Å². The molecule has 0 spiro atoms. The molecule has 14 heteroatoms. The Bertz CT molecular complexity index is 3100. The van der Waals surface area contributed by atoms with Gasteiger partial charge in [-0.25, -0.2) is 0 Å². The minimum absolute atomic E-state index is 0.166. The summed E-state index contributed by atoms with van der Waals surface area (Å²) in [5, 5.41) is 9.56. The van der Waals surface area contributed by atoms with E-state index in [1.807, 2.05) is 127 Å². The Hall–Kier alpha value is -8.54. The van der Waals surface area contributed by atoms with Gasteiger partial charge in [0.25, 0.3) is 0 Å². The van der Waals surface area contributed by atoms with Gasteiger partial charge in [0.05, 0.1) is 94.3 Å². The lowest BCUT2D eigenvalue weighted by Gasteiger charge is -2.36. The maximum Gasteiger partial charge on any atom is 0.143 e. The second kappa shape index (κ2) is 37.8. The van der Waals surface area contributed by atoms with E-state index in [0.717, 1.165) is 110 Å². The van der Waals surface area contributed by atoms with Crippen molar-refractivity contribution in [1.29, 1.82) is 0 Å². The fraction of sp³-hybridized carbons (Fsp3) is 0.349. The van der Waals surface area contributed by atoms with Gasteiger partial charge in [-0.3, -0.25) is 0 Å². The van der Waals surface area contributed by atoms with Crippen molar-refractivity contribution >= 4 is 0 Å². The Kier molecular flexibility index (Phi) is 28.4. The summed E-state index contributed by atoms with van der Waals surface area (Å²) in [6, 6.07) is 79.3. The second-order valence-corrected chi connectivity index (χ2v) is 24.0. The molecule has 97 heavy (non-hydrogen) atoms. The Balaban J connectivity index is 0.967. The van der Waals surface area contributed by atoms with E-state index in [1.165, 1.54) is 0 Å². The molecule has 0 amide bonds. The summed E-state index contributed by atoms with van der Waals surface area (Å²) in [5.41, 5.74) is 4.89. The maximum absolute atomic E-state index is 9.56. The minimum Gasteiger partial charge on any atom is -0.497 e. The Morgan fingerprint density at radius 3 is 0.649 bits per heavy atom.